The number of amides is 1. The van der Waals surface area contributed by atoms with Crippen LogP contribution < -0.4 is 4.74 Å². The first-order valence-electron chi connectivity index (χ1n) is 9.84. The molecule has 1 saturated heterocycles. The Hall–Kier alpha value is -2.87. The molecular weight excluding hydrogens is 406 g/mol. The van der Waals surface area contributed by atoms with E-state index in [1.54, 1.807) is 43.3 Å². The molecule has 1 aliphatic rings. The lowest BCUT2D eigenvalue weighted by Gasteiger charge is -2.29. The minimum absolute atomic E-state index is 0.0495. The molecule has 2 atom stereocenters. The summed E-state index contributed by atoms with van der Waals surface area (Å²) in [5.41, 5.74) is 0.259. The molecule has 1 aliphatic heterocycles. The lowest BCUT2D eigenvalue weighted by Crippen LogP contribution is -2.46. The van der Waals surface area contributed by atoms with Crippen molar-refractivity contribution in [1.82, 2.24) is 4.90 Å². The summed E-state index contributed by atoms with van der Waals surface area (Å²) in [5.74, 6) is 0.0855. The number of benzene rings is 2. The highest BCUT2D eigenvalue weighted by Crippen LogP contribution is 2.23. The van der Waals surface area contributed by atoms with E-state index >= 15 is 0 Å². The van der Waals surface area contributed by atoms with E-state index in [-0.39, 0.29) is 23.1 Å². The average molecular weight is 432 g/mol. The minimum Gasteiger partial charge on any atom is -0.457 e. The van der Waals surface area contributed by atoms with Gasteiger partial charge in [-0.3, -0.25) is 4.79 Å². The molecule has 0 N–H and O–H groups in total. The van der Waals surface area contributed by atoms with Gasteiger partial charge < -0.3 is 14.4 Å². The number of hydrogen-bond acceptors (Lipinski definition) is 6. The third-order valence-electron chi connectivity index (χ3n) is 4.95. The fourth-order valence-corrected chi connectivity index (χ4v) is 5.17. The maximum Gasteiger partial charge on any atom is 0.339 e. The summed E-state index contributed by atoms with van der Waals surface area (Å²) in [5, 5.41) is 0. The summed E-state index contributed by atoms with van der Waals surface area (Å²) in [4.78, 5) is 26.8. The van der Waals surface area contributed by atoms with E-state index in [1.807, 2.05) is 18.2 Å². The first-order valence-corrected chi connectivity index (χ1v) is 11.7. The van der Waals surface area contributed by atoms with Crippen LogP contribution in [0.2, 0.25) is 0 Å². The van der Waals surface area contributed by atoms with Gasteiger partial charge in [-0.2, -0.15) is 0 Å². The van der Waals surface area contributed by atoms with Crippen LogP contribution in [0.5, 0.6) is 11.5 Å². The molecule has 2 aromatic carbocycles. The summed E-state index contributed by atoms with van der Waals surface area (Å²) in [6, 6.07) is 15.3. The van der Waals surface area contributed by atoms with Gasteiger partial charge in [-0.05, 0) is 50.6 Å². The molecule has 0 aliphatic carbocycles. The van der Waals surface area contributed by atoms with Gasteiger partial charge in [-0.1, -0.05) is 24.3 Å². The summed E-state index contributed by atoms with van der Waals surface area (Å²) in [6.45, 7) is 3.62. The SMILES string of the molecule is CCN(C(=O)C(C)OC(=O)c1cccc(Oc2ccccc2)c1)C1CCS(=O)(=O)C1. The van der Waals surface area contributed by atoms with Crippen LogP contribution in [0.15, 0.2) is 54.6 Å². The highest BCUT2D eigenvalue weighted by molar-refractivity contribution is 7.91. The van der Waals surface area contributed by atoms with Crippen molar-refractivity contribution in [1.29, 1.82) is 0 Å². The van der Waals surface area contributed by atoms with Crippen LogP contribution in [0, 0.1) is 0 Å². The van der Waals surface area contributed by atoms with Gasteiger partial charge in [0.25, 0.3) is 5.91 Å². The number of para-hydroxylation sites is 1. The predicted molar refractivity (Wildman–Crippen MR) is 112 cm³/mol. The number of esters is 1. The molecule has 1 amide bonds. The van der Waals surface area contributed by atoms with Gasteiger partial charge in [0.1, 0.15) is 11.5 Å². The normalized spacial score (nSPS) is 18.4. The second-order valence-corrected chi connectivity index (χ2v) is 9.40. The van der Waals surface area contributed by atoms with Crippen molar-refractivity contribution >= 4 is 21.7 Å². The van der Waals surface area contributed by atoms with Crippen LogP contribution in [-0.2, 0) is 19.4 Å². The maximum atomic E-state index is 12.8. The molecule has 1 fully saturated rings. The Morgan fingerprint density at radius 2 is 1.80 bits per heavy atom. The Morgan fingerprint density at radius 3 is 2.43 bits per heavy atom. The zero-order valence-electron chi connectivity index (χ0n) is 17.0. The van der Waals surface area contributed by atoms with E-state index < -0.39 is 27.8 Å². The molecule has 3 rings (SSSR count). The van der Waals surface area contributed by atoms with Crippen molar-refractivity contribution in [3.63, 3.8) is 0 Å². The zero-order valence-corrected chi connectivity index (χ0v) is 17.8. The third kappa shape index (κ3) is 5.38. The second-order valence-electron chi connectivity index (χ2n) is 7.17. The molecule has 8 heteroatoms. The van der Waals surface area contributed by atoms with Gasteiger partial charge in [0, 0.05) is 12.6 Å². The number of sulfone groups is 1. The number of likely N-dealkylation sites (N-methyl/N-ethyl adjacent to an activating group) is 1. The Labute approximate surface area is 176 Å². The predicted octanol–water partition coefficient (Wildman–Crippen LogP) is 3.06. The van der Waals surface area contributed by atoms with E-state index in [9.17, 15) is 18.0 Å². The summed E-state index contributed by atoms with van der Waals surface area (Å²) < 4.78 is 34.6. The molecule has 160 valence electrons. The number of carbonyl (C=O) groups is 2. The van der Waals surface area contributed by atoms with Gasteiger partial charge in [-0.15, -0.1) is 0 Å². The molecule has 0 bridgehead atoms. The van der Waals surface area contributed by atoms with E-state index in [0.717, 1.165) is 0 Å². The lowest BCUT2D eigenvalue weighted by atomic mass is 10.2. The molecule has 0 aromatic heterocycles. The Bertz CT molecular complexity index is 1010. The molecule has 1 heterocycles. The number of ether oxygens (including phenoxy) is 2. The van der Waals surface area contributed by atoms with Crippen molar-refractivity contribution in [2.24, 2.45) is 0 Å². The van der Waals surface area contributed by atoms with Crippen LogP contribution in [0.3, 0.4) is 0 Å². The van der Waals surface area contributed by atoms with E-state index in [1.165, 1.54) is 11.8 Å². The minimum atomic E-state index is -3.12. The highest BCUT2D eigenvalue weighted by Gasteiger charge is 2.36. The topological polar surface area (TPSA) is 90.0 Å². The second kappa shape index (κ2) is 9.30. The maximum absolute atomic E-state index is 12.8. The number of hydrogen-bond donors (Lipinski definition) is 0. The first-order chi connectivity index (χ1) is 14.3. The van der Waals surface area contributed by atoms with Crippen LogP contribution in [0.4, 0.5) is 0 Å². The molecule has 2 aromatic rings. The van der Waals surface area contributed by atoms with E-state index in [4.69, 9.17) is 9.47 Å². The molecule has 0 saturated carbocycles. The van der Waals surface area contributed by atoms with Crippen molar-refractivity contribution in [3.8, 4) is 11.5 Å². The Morgan fingerprint density at radius 1 is 1.10 bits per heavy atom. The smallest absolute Gasteiger partial charge is 0.339 e. The molecule has 2 unspecified atom stereocenters. The number of nitrogens with zero attached hydrogens (tertiary/aromatic N) is 1. The van der Waals surface area contributed by atoms with E-state index in [2.05, 4.69) is 0 Å². The molecule has 7 nitrogen and oxygen atoms in total. The third-order valence-corrected chi connectivity index (χ3v) is 6.70. The molecule has 0 spiro atoms. The van der Waals surface area contributed by atoms with Gasteiger partial charge in [0.05, 0.1) is 17.1 Å². The van der Waals surface area contributed by atoms with Crippen molar-refractivity contribution in [2.75, 3.05) is 18.1 Å². The van der Waals surface area contributed by atoms with Crippen LogP contribution >= 0.6 is 0 Å². The molecular formula is C22H25NO6S. The monoisotopic (exact) mass is 431 g/mol. The summed E-state index contributed by atoms with van der Waals surface area (Å²) in [7, 11) is -3.12. The fourth-order valence-electron chi connectivity index (χ4n) is 3.44. The summed E-state index contributed by atoms with van der Waals surface area (Å²) >= 11 is 0. The number of carbonyl (C=O) groups excluding carboxylic acids is 2. The quantitative estimate of drug-likeness (QED) is 0.626. The van der Waals surface area contributed by atoms with Crippen LogP contribution in [0.25, 0.3) is 0 Å². The standard InChI is InChI=1S/C22H25NO6S/c1-3-23(18-12-13-30(26,27)15-18)21(24)16(2)28-22(25)17-8-7-11-20(14-17)29-19-9-5-4-6-10-19/h4-11,14,16,18H,3,12-13,15H2,1-2H3. The number of rotatable bonds is 7. The van der Waals surface area contributed by atoms with Crippen LogP contribution in [0.1, 0.15) is 30.6 Å². The summed E-state index contributed by atoms with van der Waals surface area (Å²) in [6.07, 6.45) is -0.624. The molecule has 30 heavy (non-hydrogen) atoms. The van der Waals surface area contributed by atoms with Gasteiger partial charge in [0.2, 0.25) is 0 Å². The Balaban J connectivity index is 1.64. The highest BCUT2D eigenvalue weighted by atomic mass is 32.2. The van der Waals surface area contributed by atoms with Crippen molar-refractivity contribution in [2.45, 2.75) is 32.4 Å². The first kappa shape index (κ1) is 21.8. The van der Waals surface area contributed by atoms with Gasteiger partial charge in [0.15, 0.2) is 15.9 Å². The average Bonchev–Trinajstić information content (AvgIpc) is 3.08. The molecule has 0 radical (unpaired) electrons. The Kier molecular flexibility index (Phi) is 6.77. The van der Waals surface area contributed by atoms with Gasteiger partial charge >= 0.3 is 5.97 Å². The van der Waals surface area contributed by atoms with Crippen molar-refractivity contribution < 1.29 is 27.5 Å². The van der Waals surface area contributed by atoms with Gasteiger partial charge in [-0.25, -0.2) is 13.2 Å². The largest absolute Gasteiger partial charge is 0.457 e. The van der Waals surface area contributed by atoms with Crippen LogP contribution in [-0.4, -0.2) is 55.4 Å². The fraction of sp³-hybridized carbons (Fsp3) is 0.364. The lowest BCUT2D eigenvalue weighted by molar-refractivity contribution is -0.141. The van der Waals surface area contributed by atoms with Crippen molar-refractivity contribution in [3.05, 3.63) is 60.2 Å². The van der Waals surface area contributed by atoms with E-state index in [0.29, 0.717) is 24.5 Å². The zero-order chi connectivity index (χ0) is 21.7.